The van der Waals surface area contributed by atoms with Crippen molar-refractivity contribution in [2.75, 3.05) is 51.6 Å². The van der Waals surface area contributed by atoms with Gasteiger partial charge in [-0.1, -0.05) is 35.9 Å². The number of nitrogens with one attached hydrogen (secondary N) is 2. The van der Waals surface area contributed by atoms with E-state index in [1.165, 1.54) is 0 Å². The van der Waals surface area contributed by atoms with Gasteiger partial charge in [-0.3, -0.25) is 4.90 Å². The summed E-state index contributed by atoms with van der Waals surface area (Å²) in [5.41, 5.74) is 3.29. The van der Waals surface area contributed by atoms with Gasteiger partial charge in [0.15, 0.2) is 0 Å². The van der Waals surface area contributed by atoms with Crippen LogP contribution in [0.25, 0.3) is 32.8 Å². The zero-order valence-corrected chi connectivity index (χ0v) is 17.7. The number of halogens is 1. The lowest BCUT2D eigenvalue weighted by Crippen LogP contribution is -2.45. The van der Waals surface area contributed by atoms with Crippen LogP contribution < -0.4 is 5.32 Å². The van der Waals surface area contributed by atoms with Gasteiger partial charge in [-0.25, -0.2) is 0 Å². The number of piperazine rings is 1. The maximum absolute atomic E-state index is 11.9. The van der Waals surface area contributed by atoms with Gasteiger partial charge in [0, 0.05) is 66.1 Å². The van der Waals surface area contributed by atoms with E-state index in [9.17, 15) is 4.91 Å². The zero-order valence-electron chi connectivity index (χ0n) is 16.9. The van der Waals surface area contributed by atoms with Gasteiger partial charge in [0.05, 0.1) is 5.56 Å². The Bertz CT molecular complexity index is 1200. The monoisotopic (exact) mass is 421 g/mol. The number of fused-ring (bicyclic) bond motifs is 5. The third-order valence-corrected chi connectivity index (χ3v) is 6.35. The van der Waals surface area contributed by atoms with E-state index >= 15 is 0 Å². The zero-order chi connectivity index (χ0) is 20.7. The number of rotatable bonds is 5. The molecule has 0 unspecified atom stereocenters. The van der Waals surface area contributed by atoms with E-state index in [1.54, 1.807) is 0 Å². The van der Waals surface area contributed by atoms with Crippen LogP contribution in [0.1, 0.15) is 0 Å². The third-order valence-electron chi connectivity index (χ3n) is 6.12. The Kier molecular flexibility index (Phi) is 5.06. The van der Waals surface area contributed by atoms with E-state index in [-0.39, 0.29) is 0 Å². The van der Waals surface area contributed by atoms with Crippen LogP contribution in [-0.2, 0) is 0 Å². The molecule has 0 atom stereocenters. The number of likely N-dealkylation sites (N-methyl/N-ethyl adjacent to an activating group) is 1. The second-order valence-corrected chi connectivity index (χ2v) is 8.43. The van der Waals surface area contributed by atoms with Gasteiger partial charge in [0.1, 0.15) is 11.5 Å². The number of nitroso groups, excluding NO2 is 1. The first-order valence-corrected chi connectivity index (χ1v) is 10.7. The molecule has 154 valence electrons. The molecule has 2 N–H and O–H groups in total. The van der Waals surface area contributed by atoms with Gasteiger partial charge < -0.3 is 15.2 Å². The first-order chi connectivity index (χ1) is 14.7. The number of aromatic amines is 1. The number of hydrogen-bond donors (Lipinski definition) is 2. The molecule has 1 aliphatic carbocycles. The van der Waals surface area contributed by atoms with Crippen LogP contribution >= 0.6 is 11.6 Å². The van der Waals surface area contributed by atoms with E-state index in [4.69, 9.17) is 11.6 Å². The predicted octanol–water partition coefficient (Wildman–Crippen LogP) is 5.14. The largest absolute Gasteiger partial charge is 0.370 e. The molecule has 0 amide bonds. The van der Waals surface area contributed by atoms with Crippen LogP contribution in [0, 0.1) is 4.91 Å². The Morgan fingerprint density at radius 3 is 2.57 bits per heavy atom. The van der Waals surface area contributed by atoms with Crippen molar-refractivity contribution < 1.29 is 0 Å². The van der Waals surface area contributed by atoms with Crippen molar-refractivity contribution in [3.8, 4) is 11.1 Å². The molecular formula is C23H24ClN5O. The van der Waals surface area contributed by atoms with E-state index in [0.717, 1.165) is 77.9 Å². The van der Waals surface area contributed by atoms with Crippen LogP contribution in [0.5, 0.6) is 0 Å². The molecule has 2 aliphatic heterocycles. The number of H-pyrrole nitrogens is 1. The standard InChI is InChI=1S/C23H24ClN5O/c1-28-10-12-29(13-11-28)9-8-25-23-21-20(18-14-15(24)6-7-19(18)26-23)16-4-2-3-5-17(16)22(21)27-30/h2-7,14,25-26H,8-13H2,1H3. The highest BCUT2D eigenvalue weighted by Gasteiger charge is 2.25. The van der Waals surface area contributed by atoms with Crippen molar-refractivity contribution in [3.63, 3.8) is 0 Å². The van der Waals surface area contributed by atoms with Gasteiger partial charge in [-0.05, 0) is 35.8 Å². The minimum atomic E-state index is 0.473. The number of benzene rings is 2. The number of aromatic nitrogens is 1. The van der Waals surface area contributed by atoms with Crippen molar-refractivity contribution in [1.29, 1.82) is 0 Å². The summed E-state index contributed by atoms with van der Waals surface area (Å²) in [5.74, 6) is 0.833. The summed E-state index contributed by atoms with van der Waals surface area (Å²) in [6, 6.07) is 13.7. The molecule has 1 fully saturated rings. The molecule has 0 saturated carbocycles. The van der Waals surface area contributed by atoms with Gasteiger partial charge >= 0.3 is 0 Å². The Hall–Kier alpha value is -2.67. The lowest BCUT2D eigenvalue weighted by atomic mass is 10.0. The van der Waals surface area contributed by atoms with Crippen LogP contribution in [-0.4, -0.2) is 61.1 Å². The van der Waals surface area contributed by atoms with Crippen molar-refractivity contribution >= 4 is 44.8 Å². The van der Waals surface area contributed by atoms with E-state index in [2.05, 4.69) is 32.3 Å². The maximum Gasteiger partial charge on any atom is 0.127 e. The minimum absolute atomic E-state index is 0.473. The lowest BCUT2D eigenvalue weighted by molar-refractivity contribution is 0.158. The molecule has 0 bridgehead atoms. The Morgan fingerprint density at radius 2 is 1.80 bits per heavy atom. The van der Waals surface area contributed by atoms with Crippen LogP contribution in [0.2, 0.25) is 5.02 Å². The molecule has 0 spiro atoms. The van der Waals surface area contributed by atoms with Crippen molar-refractivity contribution in [2.24, 2.45) is 5.18 Å². The third kappa shape index (κ3) is 3.31. The molecule has 2 heterocycles. The molecule has 2 aromatic rings. The second-order valence-electron chi connectivity index (χ2n) is 8.00. The normalized spacial score (nSPS) is 15.9. The summed E-state index contributed by atoms with van der Waals surface area (Å²) >= 11 is 6.31. The quantitative estimate of drug-likeness (QED) is 0.438. The van der Waals surface area contributed by atoms with E-state index in [1.807, 2.05) is 42.5 Å². The Morgan fingerprint density at radius 1 is 1.03 bits per heavy atom. The molecule has 30 heavy (non-hydrogen) atoms. The first kappa shape index (κ1) is 19.3. The highest BCUT2D eigenvalue weighted by molar-refractivity contribution is 6.32. The van der Waals surface area contributed by atoms with Gasteiger partial charge in [-0.2, -0.15) is 0 Å². The summed E-state index contributed by atoms with van der Waals surface area (Å²) in [6.07, 6.45) is 0. The molecule has 0 aromatic heterocycles. The summed E-state index contributed by atoms with van der Waals surface area (Å²) in [6.45, 7) is 6.09. The lowest BCUT2D eigenvalue weighted by Gasteiger charge is -2.32. The molecule has 2 aromatic carbocycles. The Labute approximate surface area is 180 Å². The molecule has 3 aliphatic rings. The summed E-state index contributed by atoms with van der Waals surface area (Å²) < 4.78 is 0. The average Bonchev–Trinajstić information content (AvgIpc) is 3.10. The van der Waals surface area contributed by atoms with Crippen LogP contribution in [0.4, 0.5) is 11.5 Å². The minimum Gasteiger partial charge on any atom is -0.370 e. The fourth-order valence-corrected chi connectivity index (χ4v) is 4.66. The van der Waals surface area contributed by atoms with E-state index < -0.39 is 0 Å². The topological polar surface area (TPSA) is 63.7 Å². The van der Waals surface area contributed by atoms with Crippen LogP contribution in [0.3, 0.4) is 0 Å². The molecule has 0 radical (unpaired) electrons. The van der Waals surface area contributed by atoms with Crippen molar-refractivity contribution in [2.45, 2.75) is 0 Å². The second kappa shape index (κ2) is 7.87. The first-order valence-electron chi connectivity index (χ1n) is 10.3. The maximum atomic E-state index is 11.9. The number of pyridine rings is 1. The molecule has 7 heteroatoms. The highest BCUT2D eigenvalue weighted by Crippen LogP contribution is 2.50. The number of anilines is 1. The SMILES string of the molecule is CN1CCN(CCNc2[nH]c3ccc(Cl)cc3c3c4ccccc4c(N=O)c2-3)CC1. The summed E-state index contributed by atoms with van der Waals surface area (Å²) in [7, 11) is 2.16. The number of hydrogen-bond acceptors (Lipinski definition) is 5. The molecule has 5 rings (SSSR count). The van der Waals surface area contributed by atoms with Crippen molar-refractivity contribution in [1.82, 2.24) is 14.8 Å². The smallest absolute Gasteiger partial charge is 0.127 e. The van der Waals surface area contributed by atoms with Gasteiger partial charge in [-0.15, -0.1) is 4.91 Å². The number of nitrogens with zero attached hydrogens (tertiary/aromatic N) is 3. The van der Waals surface area contributed by atoms with E-state index in [0.29, 0.717) is 10.7 Å². The Balaban J connectivity index is 1.58. The van der Waals surface area contributed by atoms with Gasteiger partial charge in [0.25, 0.3) is 0 Å². The fraction of sp³-hybridized carbons (Fsp3) is 0.304. The molecule has 6 nitrogen and oxygen atoms in total. The van der Waals surface area contributed by atoms with Crippen molar-refractivity contribution in [3.05, 3.63) is 52.4 Å². The van der Waals surface area contributed by atoms with Gasteiger partial charge in [0.2, 0.25) is 0 Å². The average molecular weight is 422 g/mol. The molecule has 1 saturated heterocycles. The summed E-state index contributed by atoms with van der Waals surface area (Å²) in [5, 5.41) is 10.5. The predicted molar refractivity (Wildman–Crippen MR) is 125 cm³/mol. The highest BCUT2D eigenvalue weighted by atomic mass is 35.5. The summed E-state index contributed by atoms with van der Waals surface area (Å²) in [4.78, 5) is 20.2. The van der Waals surface area contributed by atoms with Crippen LogP contribution in [0.15, 0.2) is 47.6 Å². The fourth-order valence-electron chi connectivity index (χ4n) is 4.49. The molecular weight excluding hydrogens is 398 g/mol.